The number of carbonyl (C=O) groups is 1. The van der Waals surface area contributed by atoms with Crippen molar-refractivity contribution in [2.45, 2.75) is 33.2 Å². The molecule has 2 N–H and O–H groups in total. The highest BCUT2D eigenvalue weighted by Gasteiger charge is 2.24. The van der Waals surface area contributed by atoms with Crippen LogP contribution in [0.2, 0.25) is 0 Å². The maximum atomic E-state index is 13.3. The van der Waals surface area contributed by atoms with Crippen molar-refractivity contribution in [3.63, 3.8) is 0 Å². The van der Waals surface area contributed by atoms with Gasteiger partial charge >= 0.3 is 0 Å². The summed E-state index contributed by atoms with van der Waals surface area (Å²) in [5, 5.41) is 0. The van der Waals surface area contributed by atoms with Gasteiger partial charge in [-0.15, -0.1) is 0 Å². The van der Waals surface area contributed by atoms with Crippen molar-refractivity contribution in [1.29, 1.82) is 0 Å². The molecule has 0 bridgehead atoms. The van der Waals surface area contributed by atoms with E-state index >= 15 is 0 Å². The molecule has 1 amide bonds. The zero-order chi connectivity index (χ0) is 20.1. The molecule has 0 saturated heterocycles. The van der Waals surface area contributed by atoms with Gasteiger partial charge in [-0.05, 0) is 61.6 Å². The van der Waals surface area contributed by atoms with Crippen molar-refractivity contribution in [3.8, 4) is 0 Å². The Labute approximate surface area is 167 Å². The standard InChI is InChI=1S/C25H28N2O/c1-18-8-7-9-21(16-18)14-15-27(23-13-12-19(2)20(3)17-23)25(28)24(26)22-10-5-4-6-11-22/h4-13,16-17,24H,14-15,26H2,1-3H3/t24-/m0/s1. The van der Waals surface area contributed by atoms with Crippen LogP contribution in [0.15, 0.2) is 72.8 Å². The van der Waals surface area contributed by atoms with E-state index in [4.69, 9.17) is 5.73 Å². The van der Waals surface area contributed by atoms with Crippen molar-refractivity contribution in [2.24, 2.45) is 5.73 Å². The highest BCUT2D eigenvalue weighted by Crippen LogP contribution is 2.23. The zero-order valence-corrected chi connectivity index (χ0v) is 16.9. The van der Waals surface area contributed by atoms with Crippen LogP contribution in [0.4, 0.5) is 5.69 Å². The second-order valence-corrected chi connectivity index (χ2v) is 7.39. The van der Waals surface area contributed by atoms with Gasteiger partial charge in [0, 0.05) is 12.2 Å². The van der Waals surface area contributed by atoms with E-state index in [-0.39, 0.29) is 5.91 Å². The molecule has 28 heavy (non-hydrogen) atoms. The lowest BCUT2D eigenvalue weighted by Gasteiger charge is -2.27. The minimum absolute atomic E-state index is 0.0814. The molecular formula is C25H28N2O. The van der Waals surface area contributed by atoms with Gasteiger partial charge in [0.1, 0.15) is 6.04 Å². The molecule has 0 heterocycles. The van der Waals surface area contributed by atoms with Crippen molar-refractivity contribution >= 4 is 11.6 Å². The quantitative estimate of drug-likeness (QED) is 0.670. The van der Waals surface area contributed by atoms with Crippen molar-refractivity contribution in [1.82, 2.24) is 0 Å². The molecule has 0 fully saturated rings. The molecule has 0 aromatic heterocycles. The number of aryl methyl sites for hydroxylation is 3. The molecule has 0 radical (unpaired) electrons. The fraction of sp³-hybridized carbons (Fsp3) is 0.240. The molecule has 3 rings (SSSR count). The highest BCUT2D eigenvalue weighted by atomic mass is 16.2. The second-order valence-electron chi connectivity index (χ2n) is 7.39. The summed E-state index contributed by atoms with van der Waals surface area (Å²) in [4.78, 5) is 15.2. The smallest absolute Gasteiger partial charge is 0.248 e. The SMILES string of the molecule is Cc1cccc(CCN(C(=O)[C@@H](N)c2ccccc2)c2ccc(C)c(C)c2)c1. The Kier molecular flexibility index (Phi) is 6.27. The van der Waals surface area contributed by atoms with Crippen LogP contribution in [0.5, 0.6) is 0 Å². The summed E-state index contributed by atoms with van der Waals surface area (Å²) in [7, 11) is 0. The number of nitrogens with zero attached hydrogens (tertiary/aromatic N) is 1. The number of hydrogen-bond donors (Lipinski definition) is 1. The molecule has 3 aromatic carbocycles. The van der Waals surface area contributed by atoms with Crippen LogP contribution in [0, 0.1) is 20.8 Å². The average Bonchev–Trinajstić information content (AvgIpc) is 2.70. The lowest BCUT2D eigenvalue weighted by Crippen LogP contribution is -2.40. The van der Waals surface area contributed by atoms with Crippen molar-refractivity contribution in [3.05, 3.63) is 101 Å². The Morgan fingerprint density at radius 1 is 0.893 bits per heavy atom. The minimum atomic E-state index is -0.680. The number of carbonyl (C=O) groups excluding carboxylic acids is 1. The summed E-state index contributed by atoms with van der Waals surface area (Å²) in [6, 6.07) is 23.4. The van der Waals surface area contributed by atoms with Gasteiger partial charge in [-0.2, -0.15) is 0 Å². The molecule has 0 unspecified atom stereocenters. The molecule has 0 aliphatic rings. The average molecular weight is 373 g/mol. The Balaban J connectivity index is 1.89. The topological polar surface area (TPSA) is 46.3 Å². The first-order valence-corrected chi connectivity index (χ1v) is 9.70. The largest absolute Gasteiger partial charge is 0.316 e. The normalized spacial score (nSPS) is 11.9. The molecule has 1 atom stereocenters. The number of nitrogens with two attached hydrogens (primary N) is 1. The molecular weight excluding hydrogens is 344 g/mol. The van der Waals surface area contributed by atoms with E-state index in [0.717, 1.165) is 17.7 Å². The van der Waals surface area contributed by atoms with Gasteiger partial charge in [0.15, 0.2) is 0 Å². The maximum Gasteiger partial charge on any atom is 0.248 e. The highest BCUT2D eigenvalue weighted by molar-refractivity contribution is 5.97. The van der Waals surface area contributed by atoms with E-state index in [9.17, 15) is 4.79 Å². The monoisotopic (exact) mass is 372 g/mol. The summed E-state index contributed by atoms with van der Waals surface area (Å²) < 4.78 is 0. The molecule has 3 aromatic rings. The molecule has 0 aliphatic heterocycles. The van der Waals surface area contributed by atoms with E-state index in [0.29, 0.717) is 6.54 Å². The van der Waals surface area contributed by atoms with Crippen LogP contribution in [0.25, 0.3) is 0 Å². The van der Waals surface area contributed by atoms with Crippen LogP contribution >= 0.6 is 0 Å². The van der Waals surface area contributed by atoms with E-state index in [1.54, 1.807) is 0 Å². The summed E-state index contributed by atoms with van der Waals surface area (Å²) in [5.74, 6) is -0.0814. The number of rotatable bonds is 6. The molecule has 0 spiro atoms. The fourth-order valence-corrected chi connectivity index (χ4v) is 3.34. The molecule has 3 nitrogen and oxygen atoms in total. The predicted octanol–water partition coefficient (Wildman–Crippen LogP) is 4.89. The molecule has 144 valence electrons. The number of hydrogen-bond acceptors (Lipinski definition) is 2. The molecule has 3 heteroatoms. The third-order valence-corrected chi connectivity index (χ3v) is 5.20. The van der Waals surface area contributed by atoms with Crippen molar-refractivity contribution in [2.75, 3.05) is 11.4 Å². The maximum absolute atomic E-state index is 13.3. The molecule has 0 saturated carbocycles. The van der Waals surface area contributed by atoms with E-state index < -0.39 is 6.04 Å². The summed E-state index contributed by atoms with van der Waals surface area (Å²) >= 11 is 0. The second kappa shape index (κ2) is 8.85. The van der Waals surface area contributed by atoms with E-state index in [2.05, 4.69) is 57.2 Å². The Morgan fingerprint density at radius 2 is 1.64 bits per heavy atom. The third-order valence-electron chi connectivity index (χ3n) is 5.20. The first-order valence-electron chi connectivity index (χ1n) is 9.70. The summed E-state index contributed by atoms with van der Waals surface area (Å²) in [5.41, 5.74) is 12.9. The van der Waals surface area contributed by atoms with Gasteiger partial charge in [-0.3, -0.25) is 4.79 Å². The van der Waals surface area contributed by atoms with Crippen LogP contribution in [-0.2, 0) is 11.2 Å². The van der Waals surface area contributed by atoms with Gasteiger partial charge in [-0.1, -0.05) is 66.2 Å². The lowest BCUT2D eigenvalue weighted by atomic mass is 10.0. The van der Waals surface area contributed by atoms with Gasteiger partial charge in [-0.25, -0.2) is 0 Å². The van der Waals surface area contributed by atoms with Crippen LogP contribution < -0.4 is 10.6 Å². The predicted molar refractivity (Wildman–Crippen MR) is 117 cm³/mol. The lowest BCUT2D eigenvalue weighted by molar-refractivity contribution is -0.120. The Bertz CT molecular complexity index is 950. The van der Waals surface area contributed by atoms with E-state index in [1.165, 1.54) is 22.3 Å². The summed E-state index contributed by atoms with van der Waals surface area (Å²) in [6.45, 7) is 6.82. The van der Waals surface area contributed by atoms with Crippen molar-refractivity contribution < 1.29 is 4.79 Å². The van der Waals surface area contributed by atoms with E-state index in [1.807, 2.05) is 41.3 Å². The van der Waals surface area contributed by atoms with Crippen LogP contribution in [0.3, 0.4) is 0 Å². The number of benzene rings is 3. The Morgan fingerprint density at radius 3 is 2.32 bits per heavy atom. The zero-order valence-electron chi connectivity index (χ0n) is 16.9. The third kappa shape index (κ3) is 4.68. The number of amides is 1. The first kappa shape index (κ1) is 19.8. The van der Waals surface area contributed by atoms with Crippen LogP contribution in [-0.4, -0.2) is 12.5 Å². The number of anilines is 1. The van der Waals surface area contributed by atoms with Crippen LogP contribution in [0.1, 0.15) is 33.9 Å². The molecule has 0 aliphatic carbocycles. The summed E-state index contributed by atoms with van der Waals surface area (Å²) in [6.07, 6.45) is 0.780. The first-order chi connectivity index (χ1) is 13.5. The fourth-order valence-electron chi connectivity index (χ4n) is 3.34. The van der Waals surface area contributed by atoms with Gasteiger partial charge < -0.3 is 10.6 Å². The van der Waals surface area contributed by atoms with Gasteiger partial charge in [0.05, 0.1) is 0 Å². The Hall–Kier alpha value is -2.91. The van der Waals surface area contributed by atoms with Gasteiger partial charge in [0.25, 0.3) is 0 Å². The van der Waals surface area contributed by atoms with Gasteiger partial charge in [0.2, 0.25) is 5.91 Å². The minimum Gasteiger partial charge on any atom is -0.316 e.